The van der Waals surface area contributed by atoms with E-state index in [9.17, 15) is 9.70 Å². The molecule has 9 nitrogen and oxygen atoms in total. The van der Waals surface area contributed by atoms with E-state index in [4.69, 9.17) is 4.74 Å². The average Bonchev–Trinajstić information content (AvgIpc) is 3.24. The van der Waals surface area contributed by atoms with Crippen LogP contribution in [0.25, 0.3) is 0 Å². The van der Waals surface area contributed by atoms with Crippen molar-refractivity contribution in [2.75, 3.05) is 26.2 Å². The Bertz CT molecular complexity index is 850. The first-order valence-corrected chi connectivity index (χ1v) is 11.1. The normalized spacial score (nSPS) is 23.9. The molecule has 0 saturated carbocycles. The standard InChI is InChI=1S/C20H26N6O3.C2H6/c1-25-23-18(22-24-25)7-10-20(14-21-28,16-5-3-2-4-6-16)19(27)29-17-13-26-11-8-15(17)9-12-26;1-2/h2-6,15,17H,7-14H2,1H3;1-2H3/t17-,20?;/m0./s1. The number of aromatic nitrogens is 4. The number of benzene rings is 1. The third kappa shape index (κ3) is 5.15. The van der Waals surface area contributed by atoms with Crippen molar-refractivity contribution in [3.63, 3.8) is 0 Å². The van der Waals surface area contributed by atoms with Gasteiger partial charge in [-0.15, -0.1) is 10.2 Å². The van der Waals surface area contributed by atoms with Crippen LogP contribution in [-0.4, -0.2) is 63.4 Å². The molecule has 0 N–H and O–H groups in total. The maximum absolute atomic E-state index is 13.5. The first-order valence-electron chi connectivity index (χ1n) is 11.1. The molecule has 3 aliphatic heterocycles. The van der Waals surface area contributed by atoms with Gasteiger partial charge in [0.15, 0.2) is 5.82 Å². The molecule has 3 saturated heterocycles. The van der Waals surface area contributed by atoms with Crippen molar-refractivity contribution in [2.45, 2.75) is 51.0 Å². The number of nitrogens with zero attached hydrogens (tertiary/aromatic N) is 6. The van der Waals surface area contributed by atoms with Crippen LogP contribution in [0.5, 0.6) is 0 Å². The quantitative estimate of drug-likeness (QED) is 0.470. The Morgan fingerprint density at radius 2 is 1.94 bits per heavy atom. The summed E-state index contributed by atoms with van der Waals surface area (Å²) in [6, 6.07) is 9.31. The number of aryl methyl sites for hydroxylation is 2. The lowest BCUT2D eigenvalue weighted by Crippen LogP contribution is -2.54. The maximum atomic E-state index is 13.5. The fourth-order valence-electron chi connectivity index (χ4n) is 4.51. The summed E-state index contributed by atoms with van der Waals surface area (Å²) in [5.74, 6) is 0.531. The number of esters is 1. The Kier molecular flexibility index (Phi) is 7.84. The number of hydrogen-bond acceptors (Lipinski definition) is 8. The zero-order chi connectivity index (χ0) is 22.3. The van der Waals surface area contributed by atoms with Crippen LogP contribution in [0.3, 0.4) is 0 Å². The molecule has 4 heterocycles. The minimum absolute atomic E-state index is 0.130. The number of tetrazole rings is 1. The topological polar surface area (TPSA) is 103 Å². The molecular weight excluding hydrogens is 396 g/mol. The monoisotopic (exact) mass is 428 g/mol. The van der Waals surface area contributed by atoms with Crippen LogP contribution in [-0.2, 0) is 28.4 Å². The van der Waals surface area contributed by atoms with Crippen LogP contribution < -0.4 is 0 Å². The smallest absolute Gasteiger partial charge is 0.318 e. The Balaban J connectivity index is 0.00000132. The summed E-state index contributed by atoms with van der Waals surface area (Å²) in [4.78, 5) is 28.7. The second-order valence-electron chi connectivity index (χ2n) is 8.01. The van der Waals surface area contributed by atoms with Gasteiger partial charge in [0.1, 0.15) is 18.1 Å². The Hall–Kier alpha value is -2.68. The van der Waals surface area contributed by atoms with Gasteiger partial charge < -0.3 is 4.74 Å². The second-order valence-corrected chi connectivity index (χ2v) is 8.01. The first kappa shape index (κ1) is 23.0. The van der Waals surface area contributed by atoms with E-state index in [1.165, 1.54) is 4.80 Å². The third-order valence-electron chi connectivity index (χ3n) is 6.23. The zero-order valence-corrected chi connectivity index (χ0v) is 18.6. The largest absolute Gasteiger partial charge is 0.460 e. The minimum Gasteiger partial charge on any atom is -0.460 e. The Morgan fingerprint density at radius 1 is 1.23 bits per heavy atom. The highest BCUT2D eigenvalue weighted by Gasteiger charge is 2.45. The van der Waals surface area contributed by atoms with E-state index >= 15 is 0 Å². The van der Waals surface area contributed by atoms with Crippen molar-refractivity contribution in [3.05, 3.63) is 46.6 Å². The van der Waals surface area contributed by atoms with Crippen molar-refractivity contribution in [2.24, 2.45) is 18.1 Å². The van der Waals surface area contributed by atoms with E-state index < -0.39 is 5.41 Å². The SMILES string of the molecule is CC.Cn1nnc(CCC(CN=O)(C(=O)O[C@H]2CN3CCC2CC3)c2ccccc2)n1. The lowest BCUT2D eigenvalue weighted by Gasteiger charge is -2.45. The van der Waals surface area contributed by atoms with Gasteiger partial charge in [-0.1, -0.05) is 49.4 Å². The summed E-state index contributed by atoms with van der Waals surface area (Å²) in [6.07, 6.45) is 2.69. The number of carbonyl (C=O) groups excluding carboxylic acids is 1. The molecule has 0 amide bonds. The van der Waals surface area contributed by atoms with Gasteiger partial charge in [-0.3, -0.25) is 9.69 Å². The number of ether oxygens (including phenoxy) is 1. The van der Waals surface area contributed by atoms with Gasteiger partial charge in [0, 0.05) is 13.0 Å². The van der Waals surface area contributed by atoms with Crippen LogP contribution in [0.4, 0.5) is 0 Å². The van der Waals surface area contributed by atoms with E-state index in [2.05, 4.69) is 25.5 Å². The fourth-order valence-corrected chi connectivity index (χ4v) is 4.51. The van der Waals surface area contributed by atoms with Gasteiger partial charge in [0.25, 0.3) is 0 Å². The highest BCUT2D eigenvalue weighted by molar-refractivity contribution is 5.84. The average molecular weight is 429 g/mol. The summed E-state index contributed by atoms with van der Waals surface area (Å²) in [7, 11) is 1.69. The summed E-state index contributed by atoms with van der Waals surface area (Å²) in [5, 5.41) is 15.2. The molecule has 2 atom stereocenters. The predicted octanol–water partition coefficient (Wildman–Crippen LogP) is 2.51. The van der Waals surface area contributed by atoms with Crippen LogP contribution in [0.2, 0.25) is 0 Å². The van der Waals surface area contributed by atoms with Crippen LogP contribution in [0, 0.1) is 10.8 Å². The number of piperidine rings is 3. The molecule has 31 heavy (non-hydrogen) atoms. The van der Waals surface area contributed by atoms with Crippen molar-refractivity contribution >= 4 is 5.97 Å². The summed E-state index contributed by atoms with van der Waals surface area (Å²) in [5.41, 5.74) is -0.427. The Labute approximate surface area is 183 Å². The lowest BCUT2D eigenvalue weighted by molar-refractivity contribution is -0.166. The van der Waals surface area contributed by atoms with Crippen molar-refractivity contribution in [1.82, 2.24) is 25.1 Å². The number of hydrogen-bond donors (Lipinski definition) is 0. The van der Waals surface area contributed by atoms with Crippen molar-refractivity contribution in [1.29, 1.82) is 0 Å². The molecule has 2 bridgehead atoms. The molecular formula is C22H32N6O3. The molecule has 0 radical (unpaired) electrons. The maximum Gasteiger partial charge on any atom is 0.318 e. The van der Waals surface area contributed by atoms with Gasteiger partial charge in [0.2, 0.25) is 0 Å². The minimum atomic E-state index is -1.16. The molecule has 9 heteroatoms. The van der Waals surface area contributed by atoms with E-state index in [-0.39, 0.29) is 18.6 Å². The van der Waals surface area contributed by atoms with Gasteiger partial charge >= 0.3 is 5.97 Å². The highest BCUT2D eigenvalue weighted by Crippen LogP contribution is 2.35. The summed E-state index contributed by atoms with van der Waals surface area (Å²) < 4.78 is 6.05. The molecule has 168 valence electrons. The lowest BCUT2D eigenvalue weighted by atomic mass is 9.76. The molecule has 1 aromatic carbocycles. The fraction of sp³-hybridized carbons (Fsp3) is 0.636. The van der Waals surface area contributed by atoms with Gasteiger partial charge in [-0.05, 0) is 49.0 Å². The zero-order valence-electron chi connectivity index (χ0n) is 18.6. The Morgan fingerprint density at radius 3 is 2.48 bits per heavy atom. The van der Waals surface area contributed by atoms with Crippen LogP contribution in [0.1, 0.15) is 44.5 Å². The number of fused-ring (bicyclic) bond motifs is 3. The van der Waals surface area contributed by atoms with E-state index in [1.807, 2.05) is 44.2 Å². The molecule has 0 spiro atoms. The number of carbonyl (C=O) groups is 1. The van der Waals surface area contributed by atoms with Gasteiger partial charge in [0.05, 0.1) is 7.05 Å². The predicted molar refractivity (Wildman–Crippen MR) is 116 cm³/mol. The molecule has 0 aliphatic carbocycles. The summed E-state index contributed by atoms with van der Waals surface area (Å²) >= 11 is 0. The molecule has 3 aliphatic rings. The van der Waals surface area contributed by atoms with Crippen LogP contribution >= 0.6 is 0 Å². The van der Waals surface area contributed by atoms with E-state index in [0.717, 1.165) is 38.0 Å². The number of rotatable bonds is 8. The van der Waals surface area contributed by atoms with E-state index in [1.54, 1.807) is 7.05 Å². The third-order valence-corrected chi connectivity index (χ3v) is 6.23. The number of nitroso groups, excluding NO2 is 1. The highest BCUT2D eigenvalue weighted by atomic mass is 16.5. The van der Waals surface area contributed by atoms with Crippen molar-refractivity contribution in [3.8, 4) is 0 Å². The molecule has 2 aromatic rings. The van der Waals surface area contributed by atoms with Gasteiger partial charge in [-0.2, -0.15) is 9.70 Å². The second kappa shape index (κ2) is 10.6. The molecule has 5 rings (SSSR count). The van der Waals surface area contributed by atoms with Gasteiger partial charge in [-0.25, -0.2) is 0 Å². The van der Waals surface area contributed by atoms with Crippen LogP contribution in [0.15, 0.2) is 35.5 Å². The summed E-state index contributed by atoms with van der Waals surface area (Å²) in [6.45, 7) is 6.71. The molecule has 1 unspecified atom stereocenters. The van der Waals surface area contributed by atoms with E-state index in [0.29, 0.717) is 24.6 Å². The molecule has 3 fully saturated rings. The van der Waals surface area contributed by atoms with Crippen molar-refractivity contribution < 1.29 is 9.53 Å². The molecule has 1 aromatic heterocycles. The first-order chi connectivity index (χ1) is 15.1.